The fourth-order valence-electron chi connectivity index (χ4n) is 2.06. The van der Waals surface area contributed by atoms with Crippen LogP contribution in [0.3, 0.4) is 0 Å². The summed E-state index contributed by atoms with van der Waals surface area (Å²) in [5.74, 6) is -1.57. The van der Waals surface area contributed by atoms with Crippen molar-refractivity contribution in [2.45, 2.75) is 18.8 Å². The number of rotatable bonds is 5. The Morgan fingerprint density at radius 1 is 1.40 bits per heavy atom. The molecule has 2 atom stereocenters. The number of aliphatic hydroxyl groups excluding tert-OH is 1. The molecule has 0 bridgehead atoms. The van der Waals surface area contributed by atoms with Crippen molar-refractivity contribution >= 4 is 25.8 Å². The van der Waals surface area contributed by atoms with Crippen molar-refractivity contribution in [1.82, 2.24) is 0 Å². The minimum absolute atomic E-state index is 0.0157. The lowest BCUT2D eigenvalue weighted by atomic mass is 10.1. The first-order valence-corrected chi connectivity index (χ1v) is 8.91. The lowest BCUT2D eigenvalue weighted by Crippen LogP contribution is -2.37. The maximum atomic E-state index is 12.0. The Labute approximate surface area is 126 Å². The van der Waals surface area contributed by atoms with E-state index in [0.717, 1.165) is 4.47 Å². The molecule has 2 unspecified atom stereocenters. The van der Waals surface area contributed by atoms with E-state index in [1.165, 1.54) is 0 Å². The molecular formula is C13H17BrO5S. The largest absolute Gasteiger partial charge is 0.394 e. The van der Waals surface area contributed by atoms with Gasteiger partial charge in [0.1, 0.15) is 11.9 Å². The number of ether oxygens (including phenoxy) is 2. The summed E-state index contributed by atoms with van der Waals surface area (Å²) in [6.07, 6.45) is -0.509. The van der Waals surface area contributed by atoms with E-state index < -0.39 is 21.7 Å². The Morgan fingerprint density at radius 2 is 2.05 bits per heavy atom. The van der Waals surface area contributed by atoms with E-state index in [-0.39, 0.29) is 24.7 Å². The highest BCUT2D eigenvalue weighted by molar-refractivity contribution is 9.10. The molecule has 1 aliphatic rings. The first-order valence-electron chi connectivity index (χ1n) is 6.30. The first-order chi connectivity index (χ1) is 9.41. The summed E-state index contributed by atoms with van der Waals surface area (Å²) in [5.41, 5.74) is 0.633. The van der Waals surface area contributed by atoms with E-state index >= 15 is 0 Å². The Kier molecular flexibility index (Phi) is 4.86. The number of aliphatic hydroxyl groups is 1. The predicted octanol–water partition coefficient (Wildman–Crippen LogP) is 1.44. The fourth-order valence-corrected chi connectivity index (χ4v) is 3.43. The van der Waals surface area contributed by atoms with Gasteiger partial charge in [-0.3, -0.25) is 0 Å². The van der Waals surface area contributed by atoms with Gasteiger partial charge in [-0.05, 0) is 12.1 Å². The summed E-state index contributed by atoms with van der Waals surface area (Å²) < 4.78 is 36.1. The van der Waals surface area contributed by atoms with Crippen LogP contribution >= 0.6 is 15.9 Å². The SMILES string of the molecule is CCS(=O)(=O)CC1(c2ccc(Br)cc2)OCC(CO)O1. The monoisotopic (exact) mass is 364 g/mol. The van der Waals surface area contributed by atoms with Crippen molar-refractivity contribution < 1.29 is 23.0 Å². The molecule has 1 saturated heterocycles. The van der Waals surface area contributed by atoms with E-state index in [1.54, 1.807) is 31.2 Å². The van der Waals surface area contributed by atoms with Crippen LogP contribution in [0.15, 0.2) is 28.7 Å². The molecule has 0 spiro atoms. The van der Waals surface area contributed by atoms with Gasteiger partial charge in [0.2, 0.25) is 5.79 Å². The Hall–Kier alpha value is -0.470. The van der Waals surface area contributed by atoms with Gasteiger partial charge in [0, 0.05) is 15.8 Å². The van der Waals surface area contributed by atoms with Crippen molar-refractivity contribution in [2.24, 2.45) is 0 Å². The van der Waals surface area contributed by atoms with Gasteiger partial charge in [0.05, 0.1) is 13.2 Å². The van der Waals surface area contributed by atoms with Crippen LogP contribution < -0.4 is 0 Å². The summed E-state index contributed by atoms with van der Waals surface area (Å²) in [6.45, 7) is 1.55. The van der Waals surface area contributed by atoms with Crippen molar-refractivity contribution in [3.8, 4) is 0 Å². The molecule has 2 rings (SSSR count). The zero-order valence-corrected chi connectivity index (χ0v) is 13.5. The molecule has 0 amide bonds. The van der Waals surface area contributed by atoms with Crippen LogP contribution in [0.4, 0.5) is 0 Å². The molecule has 0 aromatic heterocycles. The Balaban J connectivity index is 2.37. The Morgan fingerprint density at radius 3 is 2.55 bits per heavy atom. The smallest absolute Gasteiger partial charge is 0.209 e. The van der Waals surface area contributed by atoms with Gasteiger partial charge in [0.25, 0.3) is 0 Å². The molecular weight excluding hydrogens is 348 g/mol. The lowest BCUT2D eigenvalue weighted by molar-refractivity contribution is -0.162. The minimum atomic E-state index is -3.29. The summed E-state index contributed by atoms with van der Waals surface area (Å²) in [4.78, 5) is 0. The molecule has 1 aliphatic heterocycles. The maximum Gasteiger partial charge on any atom is 0.209 e. The highest BCUT2D eigenvalue weighted by Crippen LogP contribution is 2.36. The van der Waals surface area contributed by atoms with Crippen LogP contribution in [0.5, 0.6) is 0 Å². The third kappa shape index (κ3) is 3.40. The van der Waals surface area contributed by atoms with E-state index in [2.05, 4.69) is 15.9 Å². The van der Waals surface area contributed by atoms with Gasteiger partial charge in [-0.15, -0.1) is 0 Å². The highest BCUT2D eigenvalue weighted by atomic mass is 79.9. The predicted molar refractivity (Wildman–Crippen MR) is 78.1 cm³/mol. The molecule has 0 radical (unpaired) electrons. The topological polar surface area (TPSA) is 72.8 Å². The van der Waals surface area contributed by atoms with E-state index in [9.17, 15) is 13.5 Å². The third-order valence-corrected chi connectivity index (χ3v) is 5.43. The first kappa shape index (κ1) is 15.9. The summed E-state index contributed by atoms with van der Waals surface area (Å²) in [5, 5.41) is 9.18. The average Bonchev–Trinajstić information content (AvgIpc) is 2.83. The normalized spacial score (nSPS) is 26.9. The number of benzene rings is 1. The molecule has 1 heterocycles. The van der Waals surface area contributed by atoms with Crippen molar-refractivity contribution in [3.05, 3.63) is 34.3 Å². The summed E-state index contributed by atoms with van der Waals surface area (Å²) in [7, 11) is -3.29. The molecule has 7 heteroatoms. The molecule has 5 nitrogen and oxygen atoms in total. The molecule has 1 fully saturated rings. The molecule has 20 heavy (non-hydrogen) atoms. The summed E-state index contributed by atoms with van der Waals surface area (Å²) in [6, 6.07) is 7.12. The molecule has 1 N–H and O–H groups in total. The lowest BCUT2D eigenvalue weighted by Gasteiger charge is -2.28. The second kappa shape index (κ2) is 6.11. The number of sulfone groups is 1. The van der Waals surface area contributed by atoms with Crippen LogP contribution in [0, 0.1) is 0 Å². The Bertz CT molecular complexity index is 557. The minimum Gasteiger partial charge on any atom is -0.394 e. The van der Waals surface area contributed by atoms with E-state index in [4.69, 9.17) is 9.47 Å². The van der Waals surface area contributed by atoms with E-state index in [1.807, 2.05) is 0 Å². The third-order valence-electron chi connectivity index (χ3n) is 3.20. The zero-order chi connectivity index (χ0) is 14.8. The fraction of sp³-hybridized carbons (Fsp3) is 0.538. The van der Waals surface area contributed by atoms with Gasteiger partial charge in [-0.25, -0.2) is 8.42 Å². The van der Waals surface area contributed by atoms with Gasteiger partial charge in [0.15, 0.2) is 9.84 Å². The molecule has 112 valence electrons. The summed E-state index contributed by atoms with van der Waals surface area (Å²) >= 11 is 3.33. The van der Waals surface area contributed by atoms with Gasteiger partial charge >= 0.3 is 0 Å². The quantitative estimate of drug-likeness (QED) is 0.855. The van der Waals surface area contributed by atoms with Crippen LogP contribution in [0.25, 0.3) is 0 Å². The average molecular weight is 365 g/mol. The van der Waals surface area contributed by atoms with Gasteiger partial charge in [-0.1, -0.05) is 35.0 Å². The second-order valence-corrected chi connectivity index (χ2v) is 7.94. The number of hydrogen-bond donors (Lipinski definition) is 1. The second-order valence-electron chi connectivity index (χ2n) is 4.67. The number of hydrogen-bond acceptors (Lipinski definition) is 5. The van der Waals surface area contributed by atoms with Crippen molar-refractivity contribution in [1.29, 1.82) is 0 Å². The van der Waals surface area contributed by atoms with Crippen LogP contribution in [-0.4, -0.2) is 44.3 Å². The maximum absolute atomic E-state index is 12.0. The molecule has 1 aromatic rings. The molecule has 1 aromatic carbocycles. The van der Waals surface area contributed by atoms with Crippen LogP contribution in [0.2, 0.25) is 0 Å². The molecule has 0 aliphatic carbocycles. The van der Waals surface area contributed by atoms with Gasteiger partial charge in [-0.2, -0.15) is 0 Å². The zero-order valence-electron chi connectivity index (χ0n) is 11.1. The highest BCUT2D eigenvalue weighted by Gasteiger charge is 2.46. The van der Waals surface area contributed by atoms with E-state index in [0.29, 0.717) is 5.56 Å². The van der Waals surface area contributed by atoms with Crippen LogP contribution in [0.1, 0.15) is 12.5 Å². The molecule has 0 saturated carbocycles. The standard InChI is InChI=1S/C13H17BrO5S/c1-2-20(16,17)9-13(18-8-12(7-15)19-13)10-3-5-11(14)6-4-10/h3-6,12,15H,2,7-9H2,1H3. The van der Waals surface area contributed by atoms with Crippen molar-refractivity contribution in [3.63, 3.8) is 0 Å². The van der Waals surface area contributed by atoms with Crippen molar-refractivity contribution in [2.75, 3.05) is 24.7 Å². The number of halogens is 1. The van der Waals surface area contributed by atoms with Gasteiger partial charge < -0.3 is 14.6 Å². The van der Waals surface area contributed by atoms with Crippen LogP contribution in [-0.2, 0) is 25.1 Å².